The van der Waals surface area contributed by atoms with E-state index in [2.05, 4.69) is 0 Å². The van der Waals surface area contributed by atoms with Crippen LogP contribution in [0.15, 0.2) is 48.5 Å². The molecule has 1 N–H and O–H groups in total. The Kier molecular flexibility index (Phi) is 5.96. The SMILES string of the molecule is OC1CCC(COCc2cc(C(F)(F)F)cc(C(F)(F)F)c2)(c2ccccc2)C1. The van der Waals surface area contributed by atoms with E-state index in [0.29, 0.717) is 31.4 Å². The first-order chi connectivity index (χ1) is 13.5. The zero-order valence-corrected chi connectivity index (χ0v) is 15.4. The van der Waals surface area contributed by atoms with Crippen molar-refractivity contribution < 1.29 is 36.2 Å². The van der Waals surface area contributed by atoms with Gasteiger partial charge >= 0.3 is 12.4 Å². The lowest BCUT2D eigenvalue weighted by Gasteiger charge is -2.29. The molecule has 2 aromatic rings. The molecule has 0 radical (unpaired) electrons. The number of hydrogen-bond donors (Lipinski definition) is 1. The fourth-order valence-electron chi connectivity index (χ4n) is 3.83. The van der Waals surface area contributed by atoms with E-state index in [1.54, 1.807) is 0 Å². The highest BCUT2D eigenvalue weighted by Gasteiger charge is 2.40. The van der Waals surface area contributed by atoms with Gasteiger partial charge in [0.2, 0.25) is 0 Å². The van der Waals surface area contributed by atoms with Gasteiger partial charge in [-0.3, -0.25) is 0 Å². The molecule has 0 bridgehead atoms. The van der Waals surface area contributed by atoms with Crippen molar-refractivity contribution in [2.24, 2.45) is 0 Å². The minimum absolute atomic E-state index is 0.0890. The second kappa shape index (κ2) is 7.99. The molecule has 0 spiro atoms. The van der Waals surface area contributed by atoms with Gasteiger partial charge in [-0.25, -0.2) is 0 Å². The van der Waals surface area contributed by atoms with E-state index in [-0.39, 0.29) is 18.2 Å². The van der Waals surface area contributed by atoms with Gasteiger partial charge < -0.3 is 9.84 Å². The second-order valence-corrected chi connectivity index (χ2v) is 7.45. The molecule has 0 saturated heterocycles. The Balaban J connectivity index is 1.80. The van der Waals surface area contributed by atoms with Crippen molar-refractivity contribution in [2.75, 3.05) is 6.61 Å². The zero-order valence-electron chi connectivity index (χ0n) is 15.4. The lowest BCUT2D eigenvalue weighted by molar-refractivity contribution is -0.143. The molecule has 158 valence electrons. The van der Waals surface area contributed by atoms with Crippen molar-refractivity contribution in [3.63, 3.8) is 0 Å². The van der Waals surface area contributed by atoms with Gasteiger partial charge in [-0.1, -0.05) is 30.3 Å². The Labute approximate surface area is 164 Å². The molecule has 0 aromatic heterocycles. The van der Waals surface area contributed by atoms with Gasteiger partial charge in [-0.05, 0) is 48.6 Å². The predicted octanol–water partition coefficient (Wildman–Crippen LogP) is 5.72. The first-order valence-electron chi connectivity index (χ1n) is 9.09. The largest absolute Gasteiger partial charge is 0.416 e. The van der Waals surface area contributed by atoms with Gasteiger partial charge in [0.1, 0.15) is 0 Å². The van der Waals surface area contributed by atoms with E-state index in [1.165, 1.54) is 0 Å². The third-order valence-electron chi connectivity index (χ3n) is 5.26. The molecule has 0 heterocycles. The highest BCUT2D eigenvalue weighted by molar-refractivity contribution is 5.33. The van der Waals surface area contributed by atoms with E-state index in [0.717, 1.165) is 5.56 Å². The summed E-state index contributed by atoms with van der Waals surface area (Å²) in [5.41, 5.74) is -2.51. The van der Waals surface area contributed by atoms with Crippen LogP contribution in [0.4, 0.5) is 26.3 Å². The van der Waals surface area contributed by atoms with Crippen molar-refractivity contribution in [1.29, 1.82) is 0 Å². The van der Waals surface area contributed by atoms with E-state index in [1.807, 2.05) is 30.3 Å². The van der Waals surface area contributed by atoms with Gasteiger partial charge in [-0.15, -0.1) is 0 Å². The van der Waals surface area contributed by atoms with Gasteiger partial charge in [0.25, 0.3) is 0 Å². The minimum Gasteiger partial charge on any atom is -0.393 e. The molecule has 1 saturated carbocycles. The summed E-state index contributed by atoms with van der Waals surface area (Å²) < 4.78 is 83.6. The third-order valence-corrected chi connectivity index (χ3v) is 5.26. The van der Waals surface area contributed by atoms with E-state index in [4.69, 9.17) is 4.74 Å². The highest BCUT2D eigenvalue weighted by atomic mass is 19.4. The van der Waals surface area contributed by atoms with Crippen molar-refractivity contribution >= 4 is 0 Å². The van der Waals surface area contributed by atoms with E-state index >= 15 is 0 Å². The van der Waals surface area contributed by atoms with Crippen molar-refractivity contribution in [3.8, 4) is 0 Å². The smallest absolute Gasteiger partial charge is 0.393 e. The van der Waals surface area contributed by atoms with Gasteiger partial charge in [0.05, 0.1) is 30.4 Å². The monoisotopic (exact) mass is 418 g/mol. The Morgan fingerprint density at radius 1 is 0.931 bits per heavy atom. The number of aliphatic hydroxyl groups is 1. The van der Waals surface area contributed by atoms with Crippen LogP contribution in [-0.4, -0.2) is 17.8 Å². The molecule has 1 fully saturated rings. The van der Waals surface area contributed by atoms with E-state index < -0.39 is 41.6 Å². The zero-order chi connectivity index (χ0) is 21.3. The summed E-state index contributed by atoms with van der Waals surface area (Å²) in [6.45, 7) is -0.302. The Hall–Kier alpha value is -2.06. The highest BCUT2D eigenvalue weighted by Crippen LogP contribution is 2.42. The van der Waals surface area contributed by atoms with Gasteiger partial charge in [-0.2, -0.15) is 26.3 Å². The Bertz CT molecular complexity index is 799. The number of hydrogen-bond acceptors (Lipinski definition) is 2. The maximum Gasteiger partial charge on any atom is 0.416 e. The maximum atomic E-state index is 13.0. The number of halogens is 6. The molecule has 1 aliphatic rings. The molecular weight excluding hydrogens is 398 g/mol. The van der Waals surface area contributed by atoms with Crippen molar-refractivity contribution in [3.05, 3.63) is 70.8 Å². The topological polar surface area (TPSA) is 29.5 Å². The fourth-order valence-corrected chi connectivity index (χ4v) is 3.83. The molecule has 1 aliphatic carbocycles. The Morgan fingerprint density at radius 2 is 1.52 bits per heavy atom. The number of aliphatic hydroxyl groups excluding tert-OH is 1. The summed E-state index contributed by atoms with van der Waals surface area (Å²) in [6, 6.07) is 10.7. The average molecular weight is 418 g/mol. The van der Waals surface area contributed by atoms with Crippen LogP contribution >= 0.6 is 0 Å². The van der Waals surface area contributed by atoms with Crippen LogP contribution in [0.1, 0.15) is 41.5 Å². The van der Waals surface area contributed by atoms with Crippen molar-refractivity contribution in [2.45, 2.75) is 49.7 Å². The molecular formula is C21H20F6O2. The first kappa shape index (κ1) is 21.6. The molecule has 2 atom stereocenters. The Morgan fingerprint density at radius 3 is 2.00 bits per heavy atom. The maximum absolute atomic E-state index is 13.0. The number of rotatable bonds is 5. The molecule has 0 amide bonds. The van der Waals surface area contributed by atoms with Gasteiger partial charge in [0, 0.05) is 5.41 Å². The molecule has 2 unspecified atom stereocenters. The lowest BCUT2D eigenvalue weighted by Crippen LogP contribution is -2.29. The van der Waals surface area contributed by atoms with Crippen LogP contribution in [0, 0.1) is 0 Å². The average Bonchev–Trinajstić information content (AvgIpc) is 3.03. The molecule has 2 nitrogen and oxygen atoms in total. The summed E-state index contributed by atoms with van der Waals surface area (Å²) in [4.78, 5) is 0. The molecule has 8 heteroatoms. The molecule has 2 aromatic carbocycles. The lowest BCUT2D eigenvalue weighted by atomic mass is 9.79. The summed E-state index contributed by atoms with van der Waals surface area (Å²) in [7, 11) is 0. The summed E-state index contributed by atoms with van der Waals surface area (Å²) in [6.07, 6.45) is -8.71. The van der Waals surface area contributed by atoms with Crippen LogP contribution in [0.25, 0.3) is 0 Å². The van der Waals surface area contributed by atoms with Crippen LogP contribution in [0.5, 0.6) is 0 Å². The minimum atomic E-state index is -4.89. The van der Waals surface area contributed by atoms with Crippen molar-refractivity contribution in [1.82, 2.24) is 0 Å². The van der Waals surface area contributed by atoms with Crippen LogP contribution in [0.3, 0.4) is 0 Å². The van der Waals surface area contributed by atoms with Gasteiger partial charge in [0.15, 0.2) is 0 Å². The standard InChI is InChI=1S/C21H20F6O2/c22-20(23,24)16-8-14(9-17(10-16)21(25,26)27)12-29-13-19(7-6-18(28)11-19)15-4-2-1-3-5-15/h1-5,8-10,18,28H,6-7,11-13H2. The normalized spacial score (nSPS) is 22.8. The number of ether oxygens (including phenoxy) is 1. The molecule has 3 rings (SSSR count). The number of alkyl halides is 6. The molecule has 29 heavy (non-hydrogen) atoms. The van der Waals surface area contributed by atoms with Crippen LogP contribution < -0.4 is 0 Å². The first-order valence-corrected chi connectivity index (χ1v) is 9.09. The summed E-state index contributed by atoms with van der Waals surface area (Å²) in [5, 5.41) is 9.99. The van der Waals surface area contributed by atoms with Crippen LogP contribution in [-0.2, 0) is 29.1 Å². The molecule has 0 aliphatic heterocycles. The van der Waals surface area contributed by atoms with Crippen LogP contribution in [0.2, 0.25) is 0 Å². The summed E-state index contributed by atoms with van der Waals surface area (Å²) in [5.74, 6) is 0. The summed E-state index contributed by atoms with van der Waals surface area (Å²) >= 11 is 0. The second-order valence-electron chi connectivity index (χ2n) is 7.45. The van der Waals surface area contributed by atoms with E-state index in [9.17, 15) is 31.4 Å². The number of benzene rings is 2. The fraction of sp³-hybridized carbons (Fsp3) is 0.429. The quantitative estimate of drug-likeness (QED) is 0.629. The third kappa shape index (κ3) is 5.11. The predicted molar refractivity (Wildman–Crippen MR) is 94.1 cm³/mol.